The first-order chi connectivity index (χ1) is 8.24. The molecule has 0 spiro atoms. The first-order valence-corrected chi connectivity index (χ1v) is 7.37. The lowest BCUT2D eigenvalue weighted by Crippen LogP contribution is -2.29. The fourth-order valence-electron chi connectivity index (χ4n) is 2.48. The third-order valence-corrected chi connectivity index (χ3v) is 4.39. The highest BCUT2D eigenvalue weighted by molar-refractivity contribution is 7.98. The standard InChI is InChI=1S/C14H21NOS/c1-15-8-6-11(7-9-15)13-5-4-12(16-2)10-14(13)17-3/h4-5,10-11H,6-9H2,1-3H3. The molecule has 0 unspecified atom stereocenters. The largest absolute Gasteiger partial charge is 0.497 e. The minimum atomic E-state index is 0.722. The monoisotopic (exact) mass is 251 g/mol. The Morgan fingerprint density at radius 1 is 1.29 bits per heavy atom. The zero-order valence-electron chi connectivity index (χ0n) is 10.9. The number of rotatable bonds is 3. The molecule has 1 aliphatic rings. The van der Waals surface area contributed by atoms with E-state index < -0.39 is 0 Å². The van der Waals surface area contributed by atoms with Crippen molar-refractivity contribution in [1.29, 1.82) is 0 Å². The molecule has 0 radical (unpaired) electrons. The Hall–Kier alpha value is -0.670. The second kappa shape index (κ2) is 5.78. The van der Waals surface area contributed by atoms with Gasteiger partial charge in [-0.15, -0.1) is 11.8 Å². The molecule has 1 aromatic rings. The normalized spacial score (nSPS) is 18.3. The van der Waals surface area contributed by atoms with E-state index in [1.165, 1.54) is 36.4 Å². The molecule has 17 heavy (non-hydrogen) atoms. The summed E-state index contributed by atoms with van der Waals surface area (Å²) in [6, 6.07) is 6.51. The van der Waals surface area contributed by atoms with Crippen LogP contribution in [0.4, 0.5) is 0 Å². The lowest BCUT2D eigenvalue weighted by atomic mass is 9.89. The summed E-state index contributed by atoms with van der Waals surface area (Å²) in [5.41, 5.74) is 1.51. The number of piperidine rings is 1. The van der Waals surface area contributed by atoms with Gasteiger partial charge in [0.05, 0.1) is 7.11 Å². The Balaban J connectivity index is 2.19. The SMILES string of the molecule is COc1ccc(C2CCN(C)CC2)c(SC)c1. The van der Waals surface area contributed by atoms with E-state index in [4.69, 9.17) is 4.74 Å². The number of hydrogen-bond donors (Lipinski definition) is 0. The highest BCUT2D eigenvalue weighted by Crippen LogP contribution is 2.35. The van der Waals surface area contributed by atoms with Gasteiger partial charge in [-0.3, -0.25) is 0 Å². The Kier molecular flexibility index (Phi) is 4.35. The van der Waals surface area contributed by atoms with Crippen LogP contribution in [0.2, 0.25) is 0 Å². The summed E-state index contributed by atoms with van der Waals surface area (Å²) in [5.74, 6) is 1.69. The van der Waals surface area contributed by atoms with Crippen molar-refractivity contribution in [2.45, 2.75) is 23.7 Å². The fraction of sp³-hybridized carbons (Fsp3) is 0.571. The maximum atomic E-state index is 5.29. The van der Waals surface area contributed by atoms with Crippen LogP contribution in [0, 0.1) is 0 Å². The molecule has 2 nitrogen and oxygen atoms in total. The zero-order valence-corrected chi connectivity index (χ0v) is 11.7. The Labute approximate surface area is 108 Å². The molecule has 2 rings (SSSR count). The third-order valence-electron chi connectivity index (χ3n) is 3.60. The van der Waals surface area contributed by atoms with Gasteiger partial charge in [-0.05, 0) is 62.8 Å². The molecule has 94 valence electrons. The summed E-state index contributed by atoms with van der Waals surface area (Å²) in [6.45, 7) is 2.43. The molecule has 1 fully saturated rings. The maximum Gasteiger partial charge on any atom is 0.119 e. The van der Waals surface area contributed by atoms with E-state index in [1.807, 2.05) is 11.8 Å². The molecule has 1 aliphatic heterocycles. The van der Waals surface area contributed by atoms with Crippen molar-refractivity contribution in [1.82, 2.24) is 4.90 Å². The summed E-state index contributed by atoms with van der Waals surface area (Å²) in [7, 11) is 3.94. The molecular formula is C14H21NOS. The van der Waals surface area contributed by atoms with E-state index in [1.54, 1.807) is 7.11 Å². The fourth-order valence-corrected chi connectivity index (χ4v) is 3.18. The van der Waals surface area contributed by atoms with Gasteiger partial charge in [0.2, 0.25) is 0 Å². The van der Waals surface area contributed by atoms with Crippen molar-refractivity contribution < 1.29 is 4.74 Å². The van der Waals surface area contributed by atoms with Crippen LogP contribution in [0.1, 0.15) is 24.3 Å². The second-order valence-electron chi connectivity index (χ2n) is 4.69. The first kappa shape index (κ1) is 12.8. The average molecular weight is 251 g/mol. The van der Waals surface area contributed by atoms with Crippen LogP contribution in [0.25, 0.3) is 0 Å². The first-order valence-electron chi connectivity index (χ1n) is 6.15. The van der Waals surface area contributed by atoms with E-state index in [0.29, 0.717) is 0 Å². The van der Waals surface area contributed by atoms with Crippen molar-refractivity contribution in [2.75, 3.05) is 33.5 Å². The molecule has 0 saturated carbocycles. The van der Waals surface area contributed by atoms with E-state index in [2.05, 4.69) is 36.4 Å². The van der Waals surface area contributed by atoms with Gasteiger partial charge >= 0.3 is 0 Å². The second-order valence-corrected chi connectivity index (χ2v) is 5.53. The highest BCUT2D eigenvalue weighted by Gasteiger charge is 2.20. The summed E-state index contributed by atoms with van der Waals surface area (Å²) in [6.07, 6.45) is 4.69. The molecule has 0 aromatic heterocycles. The van der Waals surface area contributed by atoms with Crippen LogP contribution in [0.5, 0.6) is 5.75 Å². The van der Waals surface area contributed by atoms with Crippen LogP contribution in [-0.4, -0.2) is 38.4 Å². The molecule has 0 aliphatic carbocycles. The van der Waals surface area contributed by atoms with Gasteiger partial charge in [-0.1, -0.05) is 6.07 Å². The number of hydrogen-bond acceptors (Lipinski definition) is 3. The predicted octanol–water partition coefficient (Wildman–Crippen LogP) is 3.23. The van der Waals surface area contributed by atoms with Crippen molar-refractivity contribution in [2.24, 2.45) is 0 Å². The van der Waals surface area contributed by atoms with E-state index in [-0.39, 0.29) is 0 Å². The highest BCUT2D eigenvalue weighted by atomic mass is 32.2. The van der Waals surface area contributed by atoms with Crippen LogP contribution in [-0.2, 0) is 0 Å². The molecule has 1 saturated heterocycles. The van der Waals surface area contributed by atoms with E-state index >= 15 is 0 Å². The number of thioether (sulfide) groups is 1. The van der Waals surface area contributed by atoms with Crippen LogP contribution in [0.15, 0.2) is 23.1 Å². The van der Waals surface area contributed by atoms with Gasteiger partial charge < -0.3 is 9.64 Å². The van der Waals surface area contributed by atoms with Crippen LogP contribution >= 0.6 is 11.8 Å². The van der Waals surface area contributed by atoms with Crippen LogP contribution in [0.3, 0.4) is 0 Å². The Morgan fingerprint density at radius 3 is 2.59 bits per heavy atom. The van der Waals surface area contributed by atoms with Gasteiger partial charge in [-0.2, -0.15) is 0 Å². The predicted molar refractivity (Wildman–Crippen MR) is 74.2 cm³/mol. The Morgan fingerprint density at radius 2 is 2.00 bits per heavy atom. The number of ether oxygens (including phenoxy) is 1. The minimum Gasteiger partial charge on any atom is -0.497 e. The summed E-state index contributed by atoms with van der Waals surface area (Å²) in [5, 5.41) is 0. The zero-order chi connectivity index (χ0) is 12.3. The molecule has 0 N–H and O–H groups in total. The quantitative estimate of drug-likeness (QED) is 0.765. The molecule has 0 atom stereocenters. The van der Waals surface area contributed by atoms with Crippen molar-refractivity contribution in [3.8, 4) is 5.75 Å². The van der Waals surface area contributed by atoms with Gasteiger partial charge in [0.25, 0.3) is 0 Å². The third kappa shape index (κ3) is 2.96. The lowest BCUT2D eigenvalue weighted by Gasteiger charge is -2.30. The van der Waals surface area contributed by atoms with E-state index in [0.717, 1.165) is 11.7 Å². The van der Waals surface area contributed by atoms with Gasteiger partial charge in [-0.25, -0.2) is 0 Å². The number of likely N-dealkylation sites (tertiary alicyclic amines) is 1. The summed E-state index contributed by atoms with van der Waals surface area (Å²) < 4.78 is 5.29. The van der Waals surface area contributed by atoms with Crippen molar-refractivity contribution in [3.63, 3.8) is 0 Å². The van der Waals surface area contributed by atoms with E-state index in [9.17, 15) is 0 Å². The van der Waals surface area contributed by atoms with Gasteiger partial charge in [0, 0.05) is 4.90 Å². The van der Waals surface area contributed by atoms with Crippen LogP contribution < -0.4 is 4.74 Å². The molecule has 1 aromatic carbocycles. The average Bonchev–Trinajstić information content (AvgIpc) is 2.39. The number of benzene rings is 1. The molecule has 0 amide bonds. The van der Waals surface area contributed by atoms with Crippen molar-refractivity contribution >= 4 is 11.8 Å². The van der Waals surface area contributed by atoms with Gasteiger partial charge in [0.15, 0.2) is 0 Å². The summed E-state index contributed by atoms with van der Waals surface area (Å²) in [4.78, 5) is 3.79. The summed E-state index contributed by atoms with van der Waals surface area (Å²) >= 11 is 1.83. The molecule has 1 heterocycles. The topological polar surface area (TPSA) is 12.5 Å². The molecule has 3 heteroatoms. The van der Waals surface area contributed by atoms with Gasteiger partial charge in [0.1, 0.15) is 5.75 Å². The maximum absolute atomic E-state index is 5.29. The Bertz CT molecular complexity index is 372. The smallest absolute Gasteiger partial charge is 0.119 e. The molecular weight excluding hydrogens is 230 g/mol. The minimum absolute atomic E-state index is 0.722. The lowest BCUT2D eigenvalue weighted by molar-refractivity contribution is 0.254. The van der Waals surface area contributed by atoms with Crippen molar-refractivity contribution in [3.05, 3.63) is 23.8 Å². The number of nitrogens with zero attached hydrogens (tertiary/aromatic N) is 1. The molecule has 0 bridgehead atoms. The number of methoxy groups -OCH3 is 1.